The van der Waals surface area contributed by atoms with Crippen LogP contribution >= 0.6 is 11.3 Å². The number of carbonyl (C=O) groups is 2. The van der Waals surface area contributed by atoms with E-state index >= 15 is 0 Å². The van der Waals surface area contributed by atoms with Gasteiger partial charge in [-0.2, -0.15) is 0 Å². The van der Waals surface area contributed by atoms with Gasteiger partial charge in [0.2, 0.25) is 5.91 Å². The Hall–Kier alpha value is -2.14. The van der Waals surface area contributed by atoms with Gasteiger partial charge in [0.1, 0.15) is 0 Å². The van der Waals surface area contributed by atoms with Gasteiger partial charge < -0.3 is 10.2 Å². The maximum atomic E-state index is 13.0. The molecule has 2 aromatic rings. The van der Waals surface area contributed by atoms with Crippen molar-refractivity contribution in [3.05, 3.63) is 51.7 Å². The highest BCUT2D eigenvalue weighted by molar-refractivity contribution is 7.10. The lowest BCUT2D eigenvalue weighted by Gasteiger charge is -2.33. The van der Waals surface area contributed by atoms with Gasteiger partial charge in [-0.3, -0.25) is 9.59 Å². The van der Waals surface area contributed by atoms with Gasteiger partial charge >= 0.3 is 0 Å². The number of benzene rings is 1. The van der Waals surface area contributed by atoms with Gasteiger partial charge in [-0.1, -0.05) is 26.8 Å². The Morgan fingerprint density at radius 3 is 2.72 bits per heavy atom. The van der Waals surface area contributed by atoms with Crippen molar-refractivity contribution in [3.63, 3.8) is 0 Å². The smallest absolute Gasteiger partial charge is 0.254 e. The molecule has 0 aliphatic carbocycles. The zero-order chi connectivity index (χ0) is 18.2. The third-order valence-electron chi connectivity index (χ3n) is 4.59. The van der Waals surface area contributed by atoms with E-state index in [2.05, 4.69) is 23.7 Å². The second-order valence-corrected chi connectivity index (χ2v) is 8.51. The third kappa shape index (κ3) is 3.61. The number of thiophene rings is 1. The molecule has 1 atom stereocenters. The van der Waals surface area contributed by atoms with E-state index in [0.29, 0.717) is 11.3 Å². The minimum Gasteiger partial charge on any atom is -0.331 e. The van der Waals surface area contributed by atoms with E-state index in [-0.39, 0.29) is 17.9 Å². The van der Waals surface area contributed by atoms with E-state index in [1.165, 1.54) is 10.4 Å². The molecule has 0 fully saturated rings. The van der Waals surface area contributed by atoms with Crippen LogP contribution in [0.2, 0.25) is 0 Å². The van der Waals surface area contributed by atoms with Gasteiger partial charge in [-0.25, -0.2) is 0 Å². The molecule has 0 saturated carbocycles. The Bertz CT molecular complexity index is 804. The Morgan fingerprint density at radius 2 is 2.00 bits per heavy atom. The first-order chi connectivity index (χ1) is 11.8. The van der Waals surface area contributed by atoms with Crippen LogP contribution in [-0.4, -0.2) is 23.3 Å². The van der Waals surface area contributed by atoms with Gasteiger partial charge in [0.15, 0.2) is 0 Å². The summed E-state index contributed by atoms with van der Waals surface area (Å²) in [6.45, 7) is 8.40. The van der Waals surface area contributed by atoms with Crippen molar-refractivity contribution in [2.45, 2.75) is 40.2 Å². The Balaban J connectivity index is 1.79. The summed E-state index contributed by atoms with van der Waals surface area (Å²) in [6, 6.07) is 9.40. The molecule has 4 nitrogen and oxygen atoms in total. The van der Waals surface area contributed by atoms with E-state index in [1.807, 2.05) is 43.9 Å². The number of fused-ring (bicyclic) bond motifs is 1. The second kappa shape index (κ2) is 6.64. The molecule has 1 aliphatic rings. The quantitative estimate of drug-likeness (QED) is 0.862. The minimum absolute atomic E-state index is 0.0104. The fourth-order valence-corrected chi connectivity index (χ4v) is 3.96. The molecule has 0 bridgehead atoms. The van der Waals surface area contributed by atoms with Crippen LogP contribution in [0.5, 0.6) is 0 Å². The van der Waals surface area contributed by atoms with Crippen LogP contribution in [-0.2, 0) is 11.2 Å². The van der Waals surface area contributed by atoms with Crippen LogP contribution < -0.4 is 5.32 Å². The highest BCUT2D eigenvalue weighted by Crippen LogP contribution is 2.33. The number of nitrogens with zero attached hydrogens (tertiary/aromatic N) is 1. The van der Waals surface area contributed by atoms with E-state index in [0.717, 1.165) is 13.0 Å². The van der Waals surface area contributed by atoms with E-state index in [4.69, 9.17) is 0 Å². The highest BCUT2D eigenvalue weighted by Gasteiger charge is 2.29. The van der Waals surface area contributed by atoms with Crippen LogP contribution in [0.15, 0.2) is 35.7 Å². The lowest BCUT2D eigenvalue weighted by atomic mass is 9.95. The first-order valence-electron chi connectivity index (χ1n) is 8.56. The summed E-state index contributed by atoms with van der Waals surface area (Å²) >= 11 is 1.76. The van der Waals surface area contributed by atoms with Crippen molar-refractivity contribution in [2.75, 3.05) is 11.9 Å². The molecule has 2 heterocycles. The number of hydrogen-bond donors (Lipinski definition) is 1. The average molecular weight is 356 g/mol. The lowest BCUT2D eigenvalue weighted by Crippen LogP contribution is -2.38. The topological polar surface area (TPSA) is 49.4 Å². The molecular formula is C20H24N2O2S. The van der Waals surface area contributed by atoms with E-state index in [9.17, 15) is 9.59 Å². The largest absolute Gasteiger partial charge is 0.331 e. The molecular weight excluding hydrogens is 332 g/mol. The predicted octanol–water partition coefficient (Wildman–Crippen LogP) is 4.49. The molecule has 2 amide bonds. The van der Waals surface area contributed by atoms with Crippen LogP contribution in [0, 0.1) is 5.41 Å². The summed E-state index contributed by atoms with van der Waals surface area (Å²) in [5.74, 6) is -0.0532. The maximum absolute atomic E-state index is 13.0. The molecule has 0 radical (unpaired) electrons. The lowest BCUT2D eigenvalue weighted by molar-refractivity contribution is -0.123. The van der Waals surface area contributed by atoms with Crippen molar-refractivity contribution in [3.8, 4) is 0 Å². The summed E-state index contributed by atoms with van der Waals surface area (Å²) in [6.07, 6.45) is 0.906. The molecule has 1 N–H and O–H groups in total. The molecule has 1 aromatic carbocycles. The number of nitrogens with one attached hydrogen (secondary N) is 1. The molecule has 25 heavy (non-hydrogen) atoms. The third-order valence-corrected chi connectivity index (χ3v) is 5.58. The van der Waals surface area contributed by atoms with Crippen LogP contribution in [0.25, 0.3) is 0 Å². The zero-order valence-corrected chi connectivity index (χ0v) is 15.9. The normalized spacial score (nSPS) is 17.1. The van der Waals surface area contributed by atoms with E-state index < -0.39 is 5.41 Å². The number of carbonyl (C=O) groups excluding carboxylic acids is 2. The number of anilines is 1. The molecule has 1 aliphatic heterocycles. The fraction of sp³-hybridized carbons (Fsp3) is 0.400. The molecule has 1 aromatic heterocycles. The van der Waals surface area contributed by atoms with Crippen molar-refractivity contribution in [2.24, 2.45) is 5.41 Å². The monoisotopic (exact) mass is 356 g/mol. The maximum Gasteiger partial charge on any atom is 0.254 e. The molecule has 0 spiro atoms. The average Bonchev–Trinajstić information content (AvgIpc) is 3.03. The Labute approximate surface area is 152 Å². The number of rotatable bonds is 2. The SMILES string of the molecule is C[C@H]1c2ccsc2CCN1C(=O)c1cccc(NC(=O)C(C)(C)C)c1. The Kier molecular flexibility index (Phi) is 4.69. The minimum atomic E-state index is -0.475. The standard InChI is InChI=1S/C20H24N2O2S/c1-13-16-9-11-25-17(16)8-10-22(13)18(23)14-6-5-7-15(12-14)21-19(24)20(2,3)4/h5-7,9,11-13H,8,10H2,1-4H3,(H,21,24)/t13-/m0/s1. The molecule has 5 heteroatoms. The summed E-state index contributed by atoms with van der Waals surface area (Å²) < 4.78 is 0. The number of amides is 2. The van der Waals surface area contributed by atoms with Gasteiger partial charge in [0, 0.05) is 28.1 Å². The first kappa shape index (κ1) is 17.7. The van der Waals surface area contributed by atoms with Gasteiger partial charge in [0.05, 0.1) is 6.04 Å². The fourth-order valence-electron chi connectivity index (χ4n) is 3.00. The second-order valence-electron chi connectivity index (χ2n) is 7.51. The molecule has 132 valence electrons. The van der Waals surface area contributed by atoms with E-state index in [1.54, 1.807) is 17.4 Å². The summed E-state index contributed by atoms with van der Waals surface area (Å²) in [4.78, 5) is 28.5. The Morgan fingerprint density at radius 1 is 1.24 bits per heavy atom. The van der Waals surface area contributed by atoms with Gasteiger partial charge in [-0.05, 0) is 48.6 Å². The van der Waals surface area contributed by atoms with Crippen molar-refractivity contribution in [1.29, 1.82) is 0 Å². The van der Waals surface area contributed by atoms with Crippen molar-refractivity contribution >= 4 is 28.8 Å². The first-order valence-corrected chi connectivity index (χ1v) is 9.44. The molecule has 0 saturated heterocycles. The summed E-state index contributed by atoms with van der Waals surface area (Å²) in [5, 5.41) is 4.99. The van der Waals surface area contributed by atoms with Crippen LogP contribution in [0.3, 0.4) is 0 Å². The summed E-state index contributed by atoms with van der Waals surface area (Å²) in [5.41, 5.74) is 2.04. The van der Waals surface area contributed by atoms with Crippen molar-refractivity contribution < 1.29 is 9.59 Å². The molecule has 0 unspecified atom stereocenters. The predicted molar refractivity (Wildman–Crippen MR) is 102 cm³/mol. The highest BCUT2D eigenvalue weighted by atomic mass is 32.1. The summed E-state index contributed by atoms with van der Waals surface area (Å²) in [7, 11) is 0. The van der Waals surface area contributed by atoms with Gasteiger partial charge in [0.25, 0.3) is 5.91 Å². The van der Waals surface area contributed by atoms with Crippen molar-refractivity contribution in [1.82, 2.24) is 4.90 Å². The molecule has 3 rings (SSSR count). The van der Waals surface area contributed by atoms with Crippen LogP contribution in [0.1, 0.15) is 54.5 Å². The number of hydrogen-bond acceptors (Lipinski definition) is 3. The zero-order valence-electron chi connectivity index (χ0n) is 15.1. The van der Waals surface area contributed by atoms with Crippen LogP contribution in [0.4, 0.5) is 5.69 Å². The van der Waals surface area contributed by atoms with Gasteiger partial charge in [-0.15, -0.1) is 11.3 Å².